The molecule has 1 aromatic carbocycles. The van der Waals surface area contributed by atoms with Crippen molar-refractivity contribution in [3.8, 4) is 0 Å². The number of benzene rings is 1. The Bertz CT molecular complexity index is 739. The van der Waals surface area contributed by atoms with Gasteiger partial charge in [-0.3, -0.25) is 0 Å². The lowest BCUT2D eigenvalue weighted by atomic mass is 10.0. The Morgan fingerprint density at radius 3 is 2.19 bits per heavy atom. The van der Waals surface area contributed by atoms with Crippen LogP contribution in [0.2, 0.25) is 0 Å². The van der Waals surface area contributed by atoms with E-state index in [1.807, 2.05) is 0 Å². The molecule has 27 heavy (non-hydrogen) atoms. The summed E-state index contributed by atoms with van der Waals surface area (Å²) in [4.78, 5) is 14.2. The summed E-state index contributed by atoms with van der Waals surface area (Å²) < 4.78 is 1.08. The topological polar surface area (TPSA) is 32.3 Å². The summed E-state index contributed by atoms with van der Waals surface area (Å²) >= 11 is 3.76. The van der Waals surface area contributed by atoms with Crippen LogP contribution in [0.1, 0.15) is 64.6 Å². The first-order valence-electron chi connectivity index (χ1n) is 10.1. The molecule has 0 bridgehead atoms. The van der Waals surface area contributed by atoms with Gasteiger partial charge in [0.25, 0.3) is 0 Å². The van der Waals surface area contributed by atoms with Crippen LogP contribution in [0, 0.1) is 6.92 Å². The molecule has 1 heterocycles. The Labute approximate surface area is 173 Å². The van der Waals surface area contributed by atoms with Crippen LogP contribution < -0.4 is 9.80 Å². The normalized spacial score (nSPS) is 11.1. The lowest BCUT2D eigenvalue weighted by molar-refractivity contribution is 0.730. The van der Waals surface area contributed by atoms with E-state index < -0.39 is 0 Å². The fourth-order valence-electron chi connectivity index (χ4n) is 3.22. The van der Waals surface area contributed by atoms with E-state index in [1.54, 1.807) is 0 Å². The molecule has 0 saturated heterocycles. The second-order valence-corrected chi connectivity index (χ2v) is 8.12. The molecule has 148 valence electrons. The molecular formula is C22H33BrN4. The van der Waals surface area contributed by atoms with Crippen molar-refractivity contribution in [2.75, 3.05) is 29.4 Å². The van der Waals surface area contributed by atoms with Crippen LogP contribution >= 0.6 is 15.9 Å². The van der Waals surface area contributed by atoms with Gasteiger partial charge in [-0.15, -0.1) is 0 Å². The van der Waals surface area contributed by atoms with Gasteiger partial charge in [-0.05, 0) is 66.2 Å². The summed E-state index contributed by atoms with van der Waals surface area (Å²) in [5.41, 5.74) is 3.43. The third kappa shape index (κ3) is 5.44. The maximum Gasteiger partial charge on any atom is 0.232 e. The number of anilines is 3. The summed E-state index contributed by atoms with van der Waals surface area (Å²) in [6, 6.07) is 8.67. The Kier molecular flexibility index (Phi) is 8.08. The quantitative estimate of drug-likeness (QED) is 0.455. The molecular weight excluding hydrogens is 400 g/mol. The molecule has 5 heteroatoms. The SMILES string of the molecule is CCCN(CCC)c1cc(C)nc(N(CC)c2ccc(C(C)C)cc2Br)n1. The highest BCUT2D eigenvalue weighted by molar-refractivity contribution is 9.10. The van der Waals surface area contributed by atoms with Crippen molar-refractivity contribution in [3.63, 3.8) is 0 Å². The zero-order chi connectivity index (χ0) is 20.0. The Hall–Kier alpha value is -1.62. The van der Waals surface area contributed by atoms with E-state index in [0.717, 1.165) is 60.1 Å². The number of nitrogens with zero attached hydrogens (tertiary/aromatic N) is 4. The van der Waals surface area contributed by atoms with Gasteiger partial charge in [0.1, 0.15) is 5.82 Å². The molecule has 0 atom stereocenters. The fraction of sp³-hybridized carbons (Fsp3) is 0.545. The molecule has 0 aliphatic heterocycles. The molecule has 2 aromatic rings. The van der Waals surface area contributed by atoms with E-state index in [1.165, 1.54) is 5.56 Å². The van der Waals surface area contributed by atoms with E-state index in [-0.39, 0.29) is 0 Å². The molecule has 1 aromatic heterocycles. The van der Waals surface area contributed by atoms with Crippen molar-refractivity contribution in [1.82, 2.24) is 9.97 Å². The van der Waals surface area contributed by atoms with Gasteiger partial charge in [-0.2, -0.15) is 4.98 Å². The average molecular weight is 433 g/mol. The van der Waals surface area contributed by atoms with Crippen molar-refractivity contribution in [1.29, 1.82) is 0 Å². The van der Waals surface area contributed by atoms with Crippen molar-refractivity contribution in [2.24, 2.45) is 0 Å². The summed E-state index contributed by atoms with van der Waals surface area (Å²) in [6.07, 6.45) is 2.22. The molecule has 0 radical (unpaired) electrons. The van der Waals surface area contributed by atoms with E-state index in [2.05, 4.69) is 91.5 Å². The summed E-state index contributed by atoms with van der Waals surface area (Å²) in [5.74, 6) is 2.29. The monoisotopic (exact) mass is 432 g/mol. The molecule has 4 nitrogen and oxygen atoms in total. The van der Waals surface area contributed by atoms with Crippen LogP contribution in [0.15, 0.2) is 28.7 Å². The van der Waals surface area contributed by atoms with Gasteiger partial charge < -0.3 is 9.80 Å². The molecule has 0 unspecified atom stereocenters. The third-order valence-corrected chi connectivity index (χ3v) is 5.26. The number of hydrogen-bond donors (Lipinski definition) is 0. The van der Waals surface area contributed by atoms with Gasteiger partial charge in [-0.25, -0.2) is 4.98 Å². The number of halogens is 1. The van der Waals surface area contributed by atoms with E-state index in [0.29, 0.717) is 5.92 Å². The minimum atomic E-state index is 0.504. The zero-order valence-corrected chi connectivity index (χ0v) is 19.2. The predicted octanol–water partition coefficient (Wildman–Crippen LogP) is 6.46. The Morgan fingerprint density at radius 2 is 1.67 bits per heavy atom. The van der Waals surface area contributed by atoms with Gasteiger partial charge in [0.05, 0.1) is 5.69 Å². The lowest BCUT2D eigenvalue weighted by Crippen LogP contribution is -2.27. The first-order valence-corrected chi connectivity index (χ1v) is 10.9. The second kappa shape index (κ2) is 10.1. The van der Waals surface area contributed by atoms with Crippen molar-refractivity contribution >= 4 is 33.4 Å². The molecule has 0 N–H and O–H groups in total. The smallest absolute Gasteiger partial charge is 0.232 e. The van der Waals surface area contributed by atoms with Crippen LogP contribution in [0.4, 0.5) is 17.5 Å². The van der Waals surface area contributed by atoms with Gasteiger partial charge >= 0.3 is 0 Å². The highest BCUT2D eigenvalue weighted by Gasteiger charge is 2.17. The van der Waals surface area contributed by atoms with Gasteiger partial charge in [0, 0.05) is 35.9 Å². The van der Waals surface area contributed by atoms with Crippen molar-refractivity contribution < 1.29 is 0 Å². The predicted molar refractivity (Wildman–Crippen MR) is 120 cm³/mol. The molecule has 0 aliphatic carbocycles. The average Bonchev–Trinajstić information content (AvgIpc) is 2.63. The fourth-order valence-corrected chi connectivity index (χ4v) is 3.83. The largest absolute Gasteiger partial charge is 0.356 e. The Morgan fingerprint density at radius 1 is 1.00 bits per heavy atom. The van der Waals surface area contributed by atoms with Crippen LogP contribution in [0.5, 0.6) is 0 Å². The van der Waals surface area contributed by atoms with Crippen LogP contribution in [-0.4, -0.2) is 29.6 Å². The summed E-state index contributed by atoms with van der Waals surface area (Å²) in [5, 5.41) is 0. The van der Waals surface area contributed by atoms with Crippen LogP contribution in [-0.2, 0) is 0 Å². The van der Waals surface area contributed by atoms with E-state index >= 15 is 0 Å². The maximum atomic E-state index is 4.94. The number of rotatable bonds is 9. The van der Waals surface area contributed by atoms with Crippen LogP contribution in [0.3, 0.4) is 0 Å². The molecule has 0 amide bonds. The summed E-state index contributed by atoms with van der Waals surface area (Å²) in [7, 11) is 0. The van der Waals surface area contributed by atoms with Gasteiger partial charge in [-0.1, -0.05) is 33.8 Å². The maximum absolute atomic E-state index is 4.94. The minimum Gasteiger partial charge on any atom is -0.356 e. The summed E-state index contributed by atoms with van der Waals surface area (Å²) in [6.45, 7) is 15.9. The standard InChI is InChI=1S/C22H33BrN4/c1-7-12-26(13-8-2)21-14-17(6)24-22(25-21)27(9-3)20-11-10-18(16(4)5)15-19(20)23/h10-11,14-16H,7-9,12-13H2,1-6H3. The highest BCUT2D eigenvalue weighted by Crippen LogP contribution is 2.33. The van der Waals surface area contributed by atoms with E-state index in [9.17, 15) is 0 Å². The Balaban J connectivity index is 2.45. The van der Waals surface area contributed by atoms with Crippen molar-refractivity contribution in [2.45, 2.75) is 60.3 Å². The first kappa shape index (κ1) is 21.7. The molecule has 0 spiro atoms. The van der Waals surface area contributed by atoms with Crippen molar-refractivity contribution in [3.05, 3.63) is 40.0 Å². The number of aromatic nitrogens is 2. The molecule has 0 saturated carbocycles. The zero-order valence-electron chi connectivity index (χ0n) is 17.6. The third-order valence-electron chi connectivity index (χ3n) is 4.63. The highest BCUT2D eigenvalue weighted by atomic mass is 79.9. The second-order valence-electron chi connectivity index (χ2n) is 7.26. The van der Waals surface area contributed by atoms with Crippen LogP contribution in [0.25, 0.3) is 0 Å². The van der Waals surface area contributed by atoms with Gasteiger partial charge in [0.2, 0.25) is 5.95 Å². The molecule has 2 rings (SSSR count). The minimum absolute atomic E-state index is 0.504. The number of aryl methyl sites for hydroxylation is 1. The lowest BCUT2D eigenvalue weighted by Gasteiger charge is -2.27. The molecule has 0 aliphatic rings. The molecule has 0 fully saturated rings. The first-order chi connectivity index (χ1) is 12.9. The number of hydrogen-bond acceptors (Lipinski definition) is 4. The van der Waals surface area contributed by atoms with Gasteiger partial charge in [0.15, 0.2) is 0 Å². The van der Waals surface area contributed by atoms with E-state index in [4.69, 9.17) is 9.97 Å².